The highest BCUT2D eigenvalue weighted by Crippen LogP contribution is 2.24. The van der Waals surface area contributed by atoms with Crippen LogP contribution in [-0.2, 0) is 34.1 Å². The van der Waals surface area contributed by atoms with Gasteiger partial charge in [-0.3, -0.25) is 18.9 Å². The van der Waals surface area contributed by atoms with Gasteiger partial charge in [-0.15, -0.1) is 5.06 Å². The van der Waals surface area contributed by atoms with Crippen LogP contribution in [0.1, 0.15) is 44.1 Å². The number of aromatic hydroxyl groups is 1. The van der Waals surface area contributed by atoms with Crippen LogP contribution in [0.5, 0.6) is 5.75 Å². The van der Waals surface area contributed by atoms with E-state index in [9.17, 15) is 38.0 Å². The lowest BCUT2D eigenvalue weighted by Crippen LogP contribution is -2.32. The monoisotopic (exact) mass is 479 g/mol. The minimum absolute atomic E-state index is 0.0133. The molecule has 0 spiro atoms. The number of unbranched alkanes of at least 4 members (excludes halogenated alkanes) is 2. The Balaban J connectivity index is 1.78. The maximum absolute atomic E-state index is 12.2. The Morgan fingerprint density at radius 1 is 1.18 bits per heavy atom. The third kappa shape index (κ3) is 7.41. The Kier molecular flexibility index (Phi) is 8.66. The van der Waals surface area contributed by atoms with Crippen LogP contribution in [-0.4, -0.2) is 53.4 Å². The first-order chi connectivity index (χ1) is 15.5. The summed E-state index contributed by atoms with van der Waals surface area (Å²) in [6.45, 7) is 0.182. The fraction of sp³-hybridized carbons (Fsp3) is 0.350. The van der Waals surface area contributed by atoms with E-state index in [0.29, 0.717) is 24.3 Å². The van der Waals surface area contributed by atoms with Crippen molar-refractivity contribution in [3.63, 3.8) is 0 Å². The number of amides is 3. The van der Waals surface area contributed by atoms with Gasteiger partial charge in [0.05, 0.1) is 0 Å². The number of hydrogen-bond acceptors (Lipinski definition) is 9. The van der Waals surface area contributed by atoms with E-state index in [1.807, 2.05) is 0 Å². The zero-order valence-electron chi connectivity index (χ0n) is 17.3. The van der Waals surface area contributed by atoms with E-state index in [4.69, 9.17) is 9.39 Å². The van der Waals surface area contributed by atoms with Gasteiger partial charge in [0, 0.05) is 25.8 Å². The number of nitrogens with zero attached hydrogens (tertiary/aromatic N) is 2. The van der Waals surface area contributed by atoms with Crippen molar-refractivity contribution in [1.82, 2.24) is 10.4 Å². The molecule has 0 atom stereocenters. The van der Waals surface area contributed by atoms with Gasteiger partial charge >= 0.3 is 5.97 Å². The first-order valence-corrected chi connectivity index (χ1v) is 11.2. The number of carbonyl (C=O) groups is 4. The first kappa shape index (κ1) is 25.5. The third-order valence-corrected chi connectivity index (χ3v) is 5.36. The lowest BCUT2D eigenvalue weighted by Gasteiger charge is -2.12. The Morgan fingerprint density at radius 2 is 1.85 bits per heavy atom. The van der Waals surface area contributed by atoms with Crippen molar-refractivity contribution in [3.05, 3.63) is 29.3 Å². The molecule has 0 aromatic heterocycles. The summed E-state index contributed by atoms with van der Waals surface area (Å²) in [6, 6.07) is 4.86. The van der Waals surface area contributed by atoms with E-state index in [-0.39, 0.29) is 36.9 Å². The van der Waals surface area contributed by atoms with Gasteiger partial charge in [0.2, 0.25) is 0 Å². The number of benzene rings is 1. The summed E-state index contributed by atoms with van der Waals surface area (Å²) in [6.07, 6.45) is 2.46. The number of phenols is 1. The van der Waals surface area contributed by atoms with E-state index >= 15 is 0 Å². The number of nitriles is 1. The number of imide groups is 1. The van der Waals surface area contributed by atoms with Crippen molar-refractivity contribution in [2.75, 3.05) is 6.54 Å². The number of phenolic OH excluding ortho intramolecular Hbond substituents is 1. The highest BCUT2D eigenvalue weighted by atomic mass is 32.2. The van der Waals surface area contributed by atoms with Crippen LogP contribution in [0.3, 0.4) is 0 Å². The Labute approximate surface area is 189 Å². The minimum atomic E-state index is -4.69. The fourth-order valence-electron chi connectivity index (χ4n) is 2.82. The molecule has 1 aliphatic rings. The standard InChI is InChI=1S/C20H21N3O9S/c21-12-14(10-13-5-6-15(24)16(11-13)33(29,30)31)20(28)22-9-3-1-2-4-19(27)32-23-17(25)7-8-18(23)26/h5-6,10-11,24H,1-4,7-9H2,(H,22,28)(H,29,30,31). The predicted molar refractivity (Wildman–Crippen MR) is 110 cm³/mol. The third-order valence-electron chi connectivity index (χ3n) is 4.48. The van der Waals surface area contributed by atoms with Gasteiger partial charge in [-0.2, -0.15) is 13.7 Å². The molecule has 2 rings (SSSR count). The smallest absolute Gasteiger partial charge is 0.333 e. The highest BCUT2D eigenvalue weighted by molar-refractivity contribution is 7.86. The van der Waals surface area contributed by atoms with Crippen LogP contribution in [0.25, 0.3) is 6.08 Å². The van der Waals surface area contributed by atoms with Crippen molar-refractivity contribution in [3.8, 4) is 11.8 Å². The molecule has 33 heavy (non-hydrogen) atoms. The second-order valence-electron chi connectivity index (χ2n) is 6.98. The van der Waals surface area contributed by atoms with Gasteiger partial charge in [-0.25, -0.2) is 4.79 Å². The van der Waals surface area contributed by atoms with Crippen LogP contribution in [0, 0.1) is 11.3 Å². The molecule has 1 aromatic carbocycles. The second kappa shape index (κ2) is 11.2. The molecule has 13 heteroatoms. The average molecular weight is 479 g/mol. The number of rotatable bonds is 10. The predicted octanol–water partition coefficient (Wildman–Crippen LogP) is 0.830. The number of carbonyl (C=O) groups excluding carboxylic acids is 4. The number of nitrogens with one attached hydrogen (secondary N) is 1. The molecule has 12 nitrogen and oxygen atoms in total. The first-order valence-electron chi connectivity index (χ1n) is 9.80. The Hall–Kier alpha value is -3.76. The summed E-state index contributed by atoms with van der Waals surface area (Å²) in [5, 5.41) is 21.7. The van der Waals surface area contributed by atoms with Crippen LogP contribution in [0.2, 0.25) is 0 Å². The van der Waals surface area contributed by atoms with Crippen molar-refractivity contribution < 1.29 is 42.1 Å². The van der Waals surface area contributed by atoms with Gasteiger partial charge in [0.25, 0.3) is 27.8 Å². The topological polar surface area (TPSA) is 191 Å². The van der Waals surface area contributed by atoms with E-state index in [1.165, 1.54) is 6.07 Å². The SMILES string of the molecule is N#CC(=Cc1ccc(O)c(S(=O)(=O)O)c1)C(=O)NCCCCCC(=O)ON1C(=O)CCC1=O. The van der Waals surface area contributed by atoms with Crippen LogP contribution in [0.4, 0.5) is 0 Å². The van der Waals surface area contributed by atoms with Crippen LogP contribution < -0.4 is 5.32 Å². The van der Waals surface area contributed by atoms with Gasteiger partial charge in [-0.1, -0.05) is 12.5 Å². The molecule has 3 amide bonds. The summed E-state index contributed by atoms with van der Waals surface area (Å²) in [5.74, 6) is -3.22. The minimum Gasteiger partial charge on any atom is -0.506 e. The molecule has 0 aliphatic carbocycles. The summed E-state index contributed by atoms with van der Waals surface area (Å²) in [7, 11) is -4.69. The van der Waals surface area contributed by atoms with Crippen molar-refractivity contribution in [1.29, 1.82) is 5.26 Å². The van der Waals surface area contributed by atoms with Crippen molar-refractivity contribution in [2.24, 2.45) is 0 Å². The summed E-state index contributed by atoms with van der Waals surface area (Å²) >= 11 is 0. The molecule has 1 heterocycles. The molecule has 0 radical (unpaired) electrons. The number of hydrogen-bond donors (Lipinski definition) is 3. The van der Waals surface area contributed by atoms with Crippen LogP contribution in [0.15, 0.2) is 28.7 Å². The van der Waals surface area contributed by atoms with Crippen molar-refractivity contribution >= 4 is 39.9 Å². The number of hydroxylamine groups is 2. The zero-order chi connectivity index (χ0) is 24.6. The van der Waals surface area contributed by atoms with E-state index < -0.39 is 44.5 Å². The molecule has 0 saturated carbocycles. The molecular formula is C20H21N3O9S. The Bertz CT molecular complexity index is 1120. The second-order valence-corrected chi connectivity index (χ2v) is 8.37. The lowest BCUT2D eigenvalue weighted by atomic mass is 10.1. The van der Waals surface area contributed by atoms with E-state index in [2.05, 4.69) is 5.32 Å². The van der Waals surface area contributed by atoms with Crippen molar-refractivity contribution in [2.45, 2.75) is 43.4 Å². The largest absolute Gasteiger partial charge is 0.506 e. The van der Waals surface area contributed by atoms with Gasteiger partial charge < -0.3 is 15.3 Å². The molecule has 1 aromatic rings. The molecule has 0 unspecified atom stereocenters. The quantitative estimate of drug-likeness (QED) is 0.142. The fourth-order valence-corrected chi connectivity index (χ4v) is 3.43. The van der Waals surface area contributed by atoms with E-state index in [0.717, 1.165) is 18.2 Å². The average Bonchev–Trinajstić information content (AvgIpc) is 3.06. The van der Waals surface area contributed by atoms with Crippen LogP contribution >= 0.6 is 0 Å². The zero-order valence-corrected chi connectivity index (χ0v) is 18.1. The van der Waals surface area contributed by atoms with Gasteiger partial charge in [0.1, 0.15) is 22.3 Å². The normalized spacial score (nSPS) is 14.2. The van der Waals surface area contributed by atoms with E-state index in [1.54, 1.807) is 6.07 Å². The molecule has 3 N–H and O–H groups in total. The molecular weight excluding hydrogens is 458 g/mol. The molecule has 1 fully saturated rings. The van der Waals surface area contributed by atoms with Gasteiger partial charge in [0.15, 0.2) is 0 Å². The summed E-state index contributed by atoms with van der Waals surface area (Å²) in [5.41, 5.74) is -0.230. The molecule has 1 aliphatic heterocycles. The highest BCUT2D eigenvalue weighted by Gasteiger charge is 2.32. The molecule has 176 valence electrons. The maximum atomic E-state index is 12.2. The summed E-state index contributed by atoms with van der Waals surface area (Å²) in [4.78, 5) is 50.6. The van der Waals surface area contributed by atoms with Gasteiger partial charge in [-0.05, 0) is 36.6 Å². The molecule has 1 saturated heterocycles. The molecule has 0 bridgehead atoms. The lowest BCUT2D eigenvalue weighted by molar-refractivity contribution is -0.197. The maximum Gasteiger partial charge on any atom is 0.333 e. The summed E-state index contributed by atoms with van der Waals surface area (Å²) < 4.78 is 31.6. The Morgan fingerprint density at radius 3 is 2.45 bits per heavy atom.